The maximum Gasteiger partial charge on any atom is 0.204 e. The molecule has 0 spiro atoms. The van der Waals surface area contributed by atoms with Crippen LogP contribution in [0.15, 0.2) is 53.0 Å². The number of hydrogen-bond acceptors (Lipinski definition) is 4. The van der Waals surface area contributed by atoms with Gasteiger partial charge < -0.3 is 15.9 Å². The van der Waals surface area contributed by atoms with Gasteiger partial charge in [-0.05, 0) is 24.3 Å². The highest BCUT2D eigenvalue weighted by Gasteiger charge is 2.20. The zero-order chi connectivity index (χ0) is 20.3. The molecule has 142 valence electrons. The van der Waals surface area contributed by atoms with Crippen molar-refractivity contribution < 1.29 is 10.2 Å². The van der Waals surface area contributed by atoms with Crippen LogP contribution in [0.4, 0.5) is 0 Å². The van der Waals surface area contributed by atoms with Crippen LogP contribution in [0.3, 0.4) is 0 Å². The molecule has 0 aliphatic carbocycles. The Hall–Kier alpha value is -2.98. The molecule has 0 amide bonds. The van der Waals surface area contributed by atoms with Gasteiger partial charge in [0.2, 0.25) is 5.88 Å². The fourth-order valence-corrected chi connectivity index (χ4v) is 3.45. The van der Waals surface area contributed by atoms with Crippen LogP contribution in [-0.4, -0.2) is 33.8 Å². The SMILES string of the molecule is N#CC(=Cc1c(O)n(-c2c(Cl)cccc2Cl)c2ccccc12)C(N)=NCCO. The highest BCUT2D eigenvalue weighted by atomic mass is 35.5. The lowest BCUT2D eigenvalue weighted by atomic mass is 10.1. The van der Waals surface area contributed by atoms with Gasteiger partial charge in [0.1, 0.15) is 11.9 Å². The molecule has 8 heteroatoms. The molecule has 4 N–H and O–H groups in total. The monoisotopic (exact) mass is 414 g/mol. The summed E-state index contributed by atoms with van der Waals surface area (Å²) in [4.78, 5) is 3.94. The lowest BCUT2D eigenvalue weighted by Gasteiger charge is -2.11. The number of fused-ring (bicyclic) bond motifs is 1. The van der Waals surface area contributed by atoms with E-state index in [4.69, 9.17) is 34.0 Å². The Kier molecular flexibility index (Phi) is 5.90. The molecular weight excluding hydrogens is 399 g/mol. The van der Waals surface area contributed by atoms with Crippen LogP contribution >= 0.6 is 23.2 Å². The highest BCUT2D eigenvalue weighted by Crippen LogP contribution is 2.40. The molecule has 0 aliphatic heterocycles. The Morgan fingerprint density at radius 1 is 1.18 bits per heavy atom. The molecule has 2 aromatic carbocycles. The van der Waals surface area contributed by atoms with Gasteiger partial charge in [0.05, 0.1) is 40.0 Å². The minimum Gasteiger partial charge on any atom is -0.494 e. The Balaban J connectivity index is 2.31. The Labute approximate surface area is 171 Å². The van der Waals surface area contributed by atoms with E-state index in [2.05, 4.69) is 4.99 Å². The topological polar surface area (TPSA) is 108 Å². The molecule has 3 rings (SSSR count). The Morgan fingerprint density at radius 2 is 1.86 bits per heavy atom. The molecule has 0 bridgehead atoms. The van der Waals surface area contributed by atoms with Crippen molar-refractivity contribution in [2.45, 2.75) is 0 Å². The largest absolute Gasteiger partial charge is 0.494 e. The molecule has 0 saturated carbocycles. The number of aromatic hydroxyl groups is 1. The second kappa shape index (κ2) is 8.36. The molecule has 0 saturated heterocycles. The summed E-state index contributed by atoms with van der Waals surface area (Å²) in [5, 5.41) is 30.7. The summed E-state index contributed by atoms with van der Waals surface area (Å²) in [6.07, 6.45) is 1.45. The van der Waals surface area contributed by atoms with E-state index in [-0.39, 0.29) is 30.4 Å². The van der Waals surface area contributed by atoms with Crippen molar-refractivity contribution in [2.75, 3.05) is 13.2 Å². The van der Waals surface area contributed by atoms with Crippen molar-refractivity contribution in [1.82, 2.24) is 4.57 Å². The van der Waals surface area contributed by atoms with Gasteiger partial charge in [-0.15, -0.1) is 0 Å². The summed E-state index contributed by atoms with van der Waals surface area (Å²) >= 11 is 12.7. The molecule has 0 fully saturated rings. The van der Waals surface area contributed by atoms with Crippen LogP contribution < -0.4 is 5.73 Å². The molecule has 0 radical (unpaired) electrons. The lowest BCUT2D eigenvalue weighted by molar-refractivity contribution is 0.307. The van der Waals surface area contributed by atoms with Crippen molar-refractivity contribution in [3.63, 3.8) is 0 Å². The number of rotatable bonds is 5. The average Bonchev–Trinajstić information content (AvgIpc) is 2.96. The van der Waals surface area contributed by atoms with Crippen molar-refractivity contribution >= 4 is 46.0 Å². The number of nitriles is 1. The minimum atomic E-state index is -0.186. The summed E-state index contributed by atoms with van der Waals surface area (Å²) in [5.41, 5.74) is 7.37. The first-order valence-electron chi connectivity index (χ1n) is 8.29. The van der Waals surface area contributed by atoms with Gasteiger partial charge in [0, 0.05) is 10.9 Å². The van der Waals surface area contributed by atoms with Gasteiger partial charge in [-0.25, -0.2) is 0 Å². The van der Waals surface area contributed by atoms with E-state index in [0.29, 0.717) is 32.2 Å². The van der Waals surface area contributed by atoms with Crippen molar-refractivity contribution in [2.24, 2.45) is 10.7 Å². The second-order valence-corrected chi connectivity index (χ2v) is 6.63. The fraction of sp³-hybridized carbons (Fsp3) is 0.100. The van der Waals surface area contributed by atoms with E-state index >= 15 is 0 Å². The van der Waals surface area contributed by atoms with Gasteiger partial charge in [0.25, 0.3) is 0 Å². The molecule has 3 aromatic rings. The van der Waals surface area contributed by atoms with Gasteiger partial charge in [0.15, 0.2) is 0 Å². The molecule has 0 aliphatic rings. The van der Waals surface area contributed by atoms with E-state index in [1.165, 1.54) is 10.6 Å². The van der Waals surface area contributed by atoms with Gasteiger partial charge >= 0.3 is 0 Å². The molecule has 1 heterocycles. The van der Waals surface area contributed by atoms with Crippen LogP contribution in [0.2, 0.25) is 10.0 Å². The van der Waals surface area contributed by atoms with E-state index in [1.807, 2.05) is 18.2 Å². The average molecular weight is 415 g/mol. The van der Waals surface area contributed by atoms with Crippen molar-refractivity contribution in [3.05, 3.63) is 63.6 Å². The Bertz CT molecular complexity index is 1120. The third kappa shape index (κ3) is 3.56. The molecule has 6 nitrogen and oxygen atoms in total. The number of para-hydroxylation sites is 2. The summed E-state index contributed by atoms with van der Waals surface area (Å²) in [5.74, 6) is -0.164. The number of aliphatic hydroxyl groups excluding tert-OH is 1. The number of nitrogens with two attached hydrogens (primary N) is 1. The van der Waals surface area contributed by atoms with E-state index < -0.39 is 0 Å². The summed E-state index contributed by atoms with van der Waals surface area (Å²) in [7, 11) is 0. The maximum absolute atomic E-state index is 11.0. The Morgan fingerprint density at radius 3 is 2.50 bits per heavy atom. The highest BCUT2D eigenvalue weighted by molar-refractivity contribution is 6.38. The van der Waals surface area contributed by atoms with E-state index in [1.54, 1.807) is 30.3 Å². The number of halogens is 2. The minimum absolute atomic E-state index is 0.0245. The quantitative estimate of drug-likeness (QED) is 0.334. The van der Waals surface area contributed by atoms with Crippen LogP contribution in [0.25, 0.3) is 22.7 Å². The van der Waals surface area contributed by atoms with E-state index in [0.717, 1.165) is 0 Å². The summed E-state index contributed by atoms with van der Waals surface area (Å²) in [6.45, 7) is -0.108. The van der Waals surface area contributed by atoms with Gasteiger partial charge in [-0.3, -0.25) is 9.56 Å². The van der Waals surface area contributed by atoms with Crippen LogP contribution in [-0.2, 0) is 0 Å². The number of aliphatic imine (C=N–C) groups is 1. The third-order valence-electron chi connectivity index (χ3n) is 4.12. The smallest absolute Gasteiger partial charge is 0.204 e. The lowest BCUT2D eigenvalue weighted by Crippen LogP contribution is -2.15. The predicted octanol–water partition coefficient (Wildman–Crippen LogP) is 3.90. The normalized spacial score (nSPS) is 12.4. The second-order valence-electron chi connectivity index (χ2n) is 5.82. The molecule has 1 aromatic heterocycles. The summed E-state index contributed by atoms with van der Waals surface area (Å²) in [6, 6.07) is 14.3. The molecule has 0 atom stereocenters. The van der Waals surface area contributed by atoms with Crippen molar-refractivity contribution in [1.29, 1.82) is 5.26 Å². The standard InChI is InChI=1S/C20H16Cl2N4O2/c21-15-5-3-6-16(22)18(15)26-17-7-2-1-4-13(17)14(20(26)28)10-12(11-23)19(24)25-8-9-27/h1-7,10,27-28H,8-9H2,(H2,24,25). The predicted molar refractivity (Wildman–Crippen MR) is 112 cm³/mol. The zero-order valence-electron chi connectivity index (χ0n) is 14.6. The first kappa shape index (κ1) is 19.8. The number of nitrogens with zero attached hydrogens (tertiary/aromatic N) is 3. The zero-order valence-corrected chi connectivity index (χ0v) is 16.1. The van der Waals surface area contributed by atoms with Crippen molar-refractivity contribution in [3.8, 4) is 17.6 Å². The molecule has 0 unspecified atom stereocenters. The number of amidine groups is 1. The van der Waals surface area contributed by atoms with E-state index in [9.17, 15) is 10.4 Å². The fourth-order valence-electron chi connectivity index (χ4n) is 2.89. The molecular formula is C20H16Cl2N4O2. The first-order chi connectivity index (χ1) is 13.5. The van der Waals surface area contributed by atoms with Crippen LogP contribution in [0.1, 0.15) is 5.56 Å². The first-order valence-corrected chi connectivity index (χ1v) is 9.05. The number of benzene rings is 2. The third-order valence-corrected chi connectivity index (χ3v) is 4.73. The number of aliphatic hydroxyl groups is 1. The number of aromatic nitrogens is 1. The molecule has 28 heavy (non-hydrogen) atoms. The van der Waals surface area contributed by atoms with Gasteiger partial charge in [-0.2, -0.15) is 5.26 Å². The van der Waals surface area contributed by atoms with Gasteiger partial charge in [-0.1, -0.05) is 47.5 Å². The van der Waals surface area contributed by atoms with Crippen LogP contribution in [0.5, 0.6) is 5.88 Å². The maximum atomic E-state index is 11.0. The number of hydrogen-bond donors (Lipinski definition) is 3. The summed E-state index contributed by atoms with van der Waals surface area (Å²) < 4.78 is 1.53. The van der Waals surface area contributed by atoms with Crippen LogP contribution in [0, 0.1) is 11.3 Å².